The Morgan fingerprint density at radius 1 is 1.26 bits per heavy atom. The molecule has 23 heavy (non-hydrogen) atoms. The summed E-state index contributed by atoms with van der Waals surface area (Å²) in [6, 6.07) is 8.60. The zero-order valence-electron chi connectivity index (χ0n) is 12.3. The van der Waals surface area contributed by atoms with E-state index in [2.05, 4.69) is 22.5 Å². The summed E-state index contributed by atoms with van der Waals surface area (Å²) in [7, 11) is 0. The van der Waals surface area contributed by atoms with Gasteiger partial charge in [0.15, 0.2) is 0 Å². The van der Waals surface area contributed by atoms with E-state index in [4.69, 9.17) is 5.73 Å². The number of fused-ring (bicyclic) bond motifs is 2. The van der Waals surface area contributed by atoms with Gasteiger partial charge in [0.25, 0.3) is 5.91 Å². The summed E-state index contributed by atoms with van der Waals surface area (Å²) in [5, 5.41) is 8.31. The highest BCUT2D eigenvalue weighted by atomic mass is 19.1. The molecule has 0 radical (unpaired) electrons. The molecule has 2 heterocycles. The Kier molecular flexibility index (Phi) is 3.12. The number of hydrogen-bond acceptors (Lipinski definition) is 3. The molecule has 2 aromatic carbocycles. The van der Waals surface area contributed by atoms with Crippen LogP contribution < -0.4 is 11.1 Å². The normalized spacial score (nSPS) is 14.0. The quantitative estimate of drug-likeness (QED) is 0.759. The lowest BCUT2D eigenvalue weighted by Crippen LogP contribution is -2.23. The number of nitrogens with one attached hydrogen (secondary N) is 1. The molecule has 1 amide bonds. The molecule has 1 aromatic heterocycles. The number of hydrogen-bond donors (Lipinski definition) is 2. The van der Waals surface area contributed by atoms with Gasteiger partial charge in [0.05, 0.1) is 11.3 Å². The second kappa shape index (κ2) is 5.17. The van der Waals surface area contributed by atoms with Crippen LogP contribution in [-0.4, -0.2) is 22.2 Å². The summed E-state index contributed by atoms with van der Waals surface area (Å²) in [6.45, 7) is 1.82. The van der Waals surface area contributed by atoms with Gasteiger partial charge in [0.2, 0.25) is 0 Å². The maximum absolute atomic E-state index is 13.6. The first-order chi connectivity index (χ1) is 11.1. The van der Waals surface area contributed by atoms with Crippen molar-refractivity contribution in [3.05, 3.63) is 59.0 Å². The first-order valence-corrected chi connectivity index (χ1v) is 7.43. The van der Waals surface area contributed by atoms with Gasteiger partial charge in [0, 0.05) is 18.1 Å². The van der Waals surface area contributed by atoms with Gasteiger partial charge < -0.3 is 11.1 Å². The smallest absolute Gasteiger partial charge is 0.251 e. The Labute approximate surface area is 131 Å². The summed E-state index contributed by atoms with van der Waals surface area (Å²) in [6.07, 6.45) is 2.68. The molecule has 6 heteroatoms. The van der Waals surface area contributed by atoms with Crippen molar-refractivity contribution in [2.24, 2.45) is 5.73 Å². The van der Waals surface area contributed by atoms with E-state index in [0.717, 1.165) is 31.3 Å². The Morgan fingerprint density at radius 3 is 2.96 bits per heavy atom. The Morgan fingerprint density at radius 2 is 2.13 bits per heavy atom. The van der Waals surface area contributed by atoms with Crippen LogP contribution in [0.5, 0.6) is 0 Å². The van der Waals surface area contributed by atoms with Gasteiger partial charge in [-0.2, -0.15) is 5.10 Å². The van der Waals surface area contributed by atoms with Crippen molar-refractivity contribution < 1.29 is 9.18 Å². The molecule has 0 spiro atoms. The van der Waals surface area contributed by atoms with Crippen LogP contribution in [0.25, 0.3) is 16.6 Å². The summed E-state index contributed by atoms with van der Waals surface area (Å²) in [5.41, 5.74) is 9.28. The van der Waals surface area contributed by atoms with E-state index in [1.54, 1.807) is 10.9 Å². The molecular weight excluding hydrogens is 295 g/mol. The summed E-state index contributed by atoms with van der Waals surface area (Å²) in [5.74, 6) is -1.18. The van der Waals surface area contributed by atoms with Crippen molar-refractivity contribution in [2.75, 3.05) is 6.54 Å². The molecule has 0 fully saturated rings. The zero-order valence-corrected chi connectivity index (χ0v) is 12.3. The second-order valence-corrected chi connectivity index (χ2v) is 5.71. The fraction of sp³-hybridized carbons (Fsp3) is 0.176. The highest BCUT2D eigenvalue weighted by molar-refractivity contribution is 6.04. The van der Waals surface area contributed by atoms with E-state index in [1.807, 2.05) is 6.07 Å². The predicted octanol–water partition coefficient (Wildman–Crippen LogP) is 1.91. The SMILES string of the molecule is NC(=O)c1cc(F)cc2cn(-c3ccc4c(c3)CCNC4)nc12. The molecule has 116 valence electrons. The van der Waals surface area contributed by atoms with Crippen LogP contribution in [0.3, 0.4) is 0 Å². The van der Waals surface area contributed by atoms with Crippen LogP contribution in [0.1, 0.15) is 21.5 Å². The molecule has 0 unspecified atom stereocenters. The van der Waals surface area contributed by atoms with Crippen molar-refractivity contribution in [3.8, 4) is 5.69 Å². The van der Waals surface area contributed by atoms with Crippen LogP contribution in [0.15, 0.2) is 36.5 Å². The molecular formula is C17H15FN4O. The molecule has 3 aromatic rings. The average Bonchev–Trinajstić information content (AvgIpc) is 2.97. The molecule has 5 nitrogen and oxygen atoms in total. The minimum atomic E-state index is -0.684. The van der Waals surface area contributed by atoms with Crippen LogP contribution in [-0.2, 0) is 13.0 Å². The third kappa shape index (κ3) is 2.37. The Balaban J connectivity index is 1.86. The van der Waals surface area contributed by atoms with E-state index in [9.17, 15) is 9.18 Å². The lowest BCUT2D eigenvalue weighted by Gasteiger charge is -2.17. The van der Waals surface area contributed by atoms with Crippen molar-refractivity contribution in [3.63, 3.8) is 0 Å². The van der Waals surface area contributed by atoms with Gasteiger partial charge in [-0.05, 0) is 48.4 Å². The van der Waals surface area contributed by atoms with Crippen molar-refractivity contribution in [2.45, 2.75) is 13.0 Å². The predicted molar refractivity (Wildman–Crippen MR) is 85.0 cm³/mol. The van der Waals surface area contributed by atoms with Gasteiger partial charge >= 0.3 is 0 Å². The van der Waals surface area contributed by atoms with E-state index in [1.165, 1.54) is 17.2 Å². The van der Waals surface area contributed by atoms with Crippen molar-refractivity contribution in [1.29, 1.82) is 0 Å². The maximum Gasteiger partial charge on any atom is 0.251 e. The molecule has 0 bridgehead atoms. The number of amides is 1. The molecule has 0 saturated carbocycles. The largest absolute Gasteiger partial charge is 0.366 e. The van der Waals surface area contributed by atoms with Gasteiger partial charge in [-0.1, -0.05) is 6.07 Å². The maximum atomic E-state index is 13.6. The first kappa shape index (κ1) is 13.9. The number of carbonyl (C=O) groups excluding carboxylic acids is 1. The van der Waals surface area contributed by atoms with E-state index >= 15 is 0 Å². The number of primary amides is 1. The van der Waals surface area contributed by atoms with Crippen molar-refractivity contribution in [1.82, 2.24) is 15.1 Å². The molecule has 1 aliphatic rings. The first-order valence-electron chi connectivity index (χ1n) is 7.43. The lowest BCUT2D eigenvalue weighted by molar-refractivity contribution is 0.100. The fourth-order valence-corrected chi connectivity index (χ4v) is 3.02. The number of carbonyl (C=O) groups is 1. The standard InChI is InChI=1S/C17H15FN4O/c18-13-5-12-9-22(21-16(12)15(7-13)17(19)23)14-2-1-11-8-20-4-3-10(11)6-14/h1-2,5-7,9,20H,3-4,8H2,(H2,19,23). The number of nitrogens with zero attached hydrogens (tertiary/aromatic N) is 2. The van der Waals surface area contributed by atoms with Crippen molar-refractivity contribution >= 4 is 16.8 Å². The monoisotopic (exact) mass is 310 g/mol. The van der Waals surface area contributed by atoms with Gasteiger partial charge in [-0.25, -0.2) is 9.07 Å². The highest BCUT2D eigenvalue weighted by Crippen LogP contribution is 2.23. The number of nitrogens with two attached hydrogens (primary N) is 1. The van der Waals surface area contributed by atoms with Gasteiger partial charge in [0.1, 0.15) is 11.3 Å². The summed E-state index contributed by atoms with van der Waals surface area (Å²) >= 11 is 0. The van der Waals surface area contributed by atoms with E-state index in [-0.39, 0.29) is 5.56 Å². The summed E-state index contributed by atoms with van der Waals surface area (Å²) < 4.78 is 15.3. The minimum absolute atomic E-state index is 0.0981. The van der Waals surface area contributed by atoms with Gasteiger partial charge in [-0.15, -0.1) is 0 Å². The molecule has 3 N–H and O–H groups in total. The Bertz CT molecular complexity index is 932. The van der Waals surface area contributed by atoms with Crippen LogP contribution >= 0.6 is 0 Å². The highest BCUT2D eigenvalue weighted by Gasteiger charge is 2.15. The summed E-state index contributed by atoms with van der Waals surface area (Å²) in [4.78, 5) is 11.5. The fourth-order valence-electron chi connectivity index (χ4n) is 3.02. The lowest BCUT2D eigenvalue weighted by atomic mass is 10.0. The van der Waals surface area contributed by atoms with E-state index < -0.39 is 11.7 Å². The van der Waals surface area contributed by atoms with Crippen LogP contribution in [0.2, 0.25) is 0 Å². The molecule has 0 aliphatic carbocycles. The van der Waals surface area contributed by atoms with Crippen LogP contribution in [0.4, 0.5) is 4.39 Å². The molecule has 0 atom stereocenters. The average molecular weight is 310 g/mol. The number of halogens is 1. The van der Waals surface area contributed by atoms with Crippen LogP contribution in [0, 0.1) is 5.82 Å². The minimum Gasteiger partial charge on any atom is -0.366 e. The third-order valence-corrected chi connectivity index (χ3v) is 4.18. The molecule has 1 aliphatic heterocycles. The molecule has 0 saturated heterocycles. The number of aromatic nitrogens is 2. The third-order valence-electron chi connectivity index (χ3n) is 4.18. The Hall–Kier alpha value is -2.73. The van der Waals surface area contributed by atoms with Gasteiger partial charge in [-0.3, -0.25) is 4.79 Å². The topological polar surface area (TPSA) is 72.9 Å². The molecule has 4 rings (SSSR count). The van der Waals surface area contributed by atoms with E-state index in [0.29, 0.717) is 10.9 Å². The number of rotatable bonds is 2. The second-order valence-electron chi connectivity index (χ2n) is 5.71. The zero-order chi connectivity index (χ0) is 16.0. The number of benzene rings is 2.